The Morgan fingerprint density at radius 3 is 1.67 bits per heavy atom. The molecule has 5 heteroatoms. The van der Waals surface area contributed by atoms with E-state index in [4.69, 9.17) is 11.6 Å². The van der Waals surface area contributed by atoms with Crippen molar-refractivity contribution in [3.8, 4) is 0 Å². The van der Waals surface area contributed by atoms with E-state index >= 15 is 0 Å². The van der Waals surface area contributed by atoms with Crippen LogP contribution in [-0.4, -0.2) is 8.80 Å². The second kappa shape index (κ2) is 6.83. The van der Waals surface area contributed by atoms with Crippen LogP contribution in [0, 0.1) is 0 Å². The van der Waals surface area contributed by atoms with Crippen LogP contribution in [0.4, 0.5) is 13.2 Å². The highest BCUT2D eigenvalue weighted by atomic mass is 35.5. The van der Waals surface area contributed by atoms with Crippen LogP contribution in [0.3, 0.4) is 0 Å². The van der Waals surface area contributed by atoms with Gasteiger partial charge >= 0.3 is 6.18 Å². The van der Waals surface area contributed by atoms with E-state index in [1.807, 2.05) is 60.7 Å². The number of halogens is 4. The van der Waals surface area contributed by atoms with E-state index in [1.54, 1.807) is 0 Å². The summed E-state index contributed by atoms with van der Waals surface area (Å²) in [5.41, 5.74) is -0.656. The number of benzene rings is 3. The Morgan fingerprint density at radius 1 is 0.708 bits per heavy atom. The van der Waals surface area contributed by atoms with Crippen LogP contribution >= 0.6 is 11.6 Å². The summed E-state index contributed by atoms with van der Waals surface area (Å²) in [5.74, 6) is 0. The summed E-state index contributed by atoms with van der Waals surface area (Å²) < 4.78 is 40.7. The first-order valence-electron chi connectivity index (χ1n) is 7.32. The minimum atomic E-state index is -4.44. The zero-order chi connectivity index (χ0) is 17.2. The van der Waals surface area contributed by atoms with E-state index < -0.39 is 20.5 Å². The zero-order valence-electron chi connectivity index (χ0n) is 12.5. The van der Waals surface area contributed by atoms with Crippen LogP contribution in [0.1, 0.15) is 5.56 Å². The molecule has 0 aromatic heterocycles. The maximum atomic E-state index is 13.6. The topological polar surface area (TPSA) is 0 Å². The molecule has 1 radical (unpaired) electrons. The molecule has 0 nitrogen and oxygen atoms in total. The summed E-state index contributed by atoms with van der Waals surface area (Å²) in [6.07, 6.45) is -4.44. The first-order chi connectivity index (χ1) is 11.5. The number of hydrogen-bond acceptors (Lipinski definition) is 0. The average molecular weight is 362 g/mol. The molecular weight excluding hydrogens is 349 g/mol. The fraction of sp³-hybridized carbons (Fsp3) is 0.0526. The Morgan fingerprint density at radius 2 is 1.21 bits per heavy atom. The third-order valence-corrected chi connectivity index (χ3v) is 6.71. The molecule has 0 spiro atoms. The van der Waals surface area contributed by atoms with Gasteiger partial charge in [-0.05, 0) is 17.3 Å². The molecule has 0 atom stereocenters. The summed E-state index contributed by atoms with van der Waals surface area (Å²) in [6, 6.07) is 22.7. The van der Waals surface area contributed by atoms with Gasteiger partial charge in [0.2, 0.25) is 0 Å². The maximum absolute atomic E-state index is 13.6. The number of rotatable bonds is 3. The van der Waals surface area contributed by atoms with Crippen molar-refractivity contribution in [1.29, 1.82) is 0 Å². The zero-order valence-corrected chi connectivity index (χ0v) is 14.3. The second-order valence-electron chi connectivity index (χ2n) is 5.29. The van der Waals surface area contributed by atoms with E-state index in [2.05, 4.69) is 0 Å². The van der Waals surface area contributed by atoms with E-state index in [-0.39, 0.29) is 5.02 Å². The van der Waals surface area contributed by atoms with E-state index in [9.17, 15) is 13.2 Å². The minimum absolute atomic E-state index is 0.0912. The van der Waals surface area contributed by atoms with Gasteiger partial charge in [-0.3, -0.25) is 0 Å². The van der Waals surface area contributed by atoms with Crippen molar-refractivity contribution < 1.29 is 13.2 Å². The summed E-state index contributed by atoms with van der Waals surface area (Å²) in [7, 11) is -1.78. The molecular formula is C19H13ClF3Si. The molecule has 3 aromatic rings. The van der Waals surface area contributed by atoms with Crippen molar-refractivity contribution in [2.45, 2.75) is 6.18 Å². The predicted molar refractivity (Wildman–Crippen MR) is 94.0 cm³/mol. The van der Waals surface area contributed by atoms with Crippen LogP contribution in [0.2, 0.25) is 5.02 Å². The lowest BCUT2D eigenvalue weighted by atomic mass is 10.2. The highest BCUT2D eigenvalue weighted by molar-refractivity contribution is 6.95. The van der Waals surface area contributed by atoms with Crippen molar-refractivity contribution in [3.05, 3.63) is 89.4 Å². The highest BCUT2D eigenvalue weighted by Crippen LogP contribution is 2.30. The van der Waals surface area contributed by atoms with Gasteiger partial charge in [-0.2, -0.15) is 13.2 Å². The largest absolute Gasteiger partial charge is 0.416 e. The monoisotopic (exact) mass is 361 g/mol. The molecule has 0 bridgehead atoms. The standard InChI is InChI=1S/C19H13ClF3Si/c20-14-11-12-18(17(13-14)19(21,22)23)24(15-7-3-1-4-8-15)16-9-5-2-6-10-16/h1-13H. The van der Waals surface area contributed by atoms with Gasteiger partial charge in [0.25, 0.3) is 0 Å². The molecule has 0 aliphatic heterocycles. The molecule has 0 aliphatic carbocycles. The number of hydrogen-bond donors (Lipinski definition) is 0. The normalized spacial score (nSPS) is 11.7. The Bertz CT molecular complexity index is 778. The van der Waals surface area contributed by atoms with Gasteiger partial charge in [0.1, 0.15) is 0 Å². The van der Waals surface area contributed by atoms with Gasteiger partial charge in [-0.15, -0.1) is 0 Å². The first kappa shape index (κ1) is 16.8. The Labute approximate surface area is 145 Å². The Kier molecular flexibility index (Phi) is 4.78. The van der Waals surface area contributed by atoms with Crippen molar-refractivity contribution in [2.24, 2.45) is 0 Å². The third-order valence-electron chi connectivity index (χ3n) is 3.68. The molecule has 0 unspecified atom stereocenters. The number of alkyl halides is 3. The summed E-state index contributed by atoms with van der Waals surface area (Å²) >= 11 is 5.83. The van der Waals surface area contributed by atoms with Crippen LogP contribution in [0.5, 0.6) is 0 Å². The quantitative estimate of drug-likeness (QED) is 0.490. The molecule has 0 saturated heterocycles. The lowest BCUT2D eigenvalue weighted by molar-refractivity contribution is -0.136. The Balaban J connectivity index is 2.25. The lowest BCUT2D eigenvalue weighted by Crippen LogP contribution is -2.54. The summed E-state index contributed by atoms with van der Waals surface area (Å²) in [4.78, 5) is 0. The van der Waals surface area contributed by atoms with Crippen molar-refractivity contribution in [3.63, 3.8) is 0 Å². The molecule has 0 aliphatic rings. The second-order valence-corrected chi connectivity index (χ2v) is 8.17. The van der Waals surface area contributed by atoms with E-state index in [0.29, 0.717) is 5.19 Å². The molecule has 121 valence electrons. The van der Waals surface area contributed by atoms with E-state index in [0.717, 1.165) is 16.4 Å². The van der Waals surface area contributed by atoms with E-state index in [1.165, 1.54) is 12.1 Å². The fourth-order valence-corrected chi connectivity index (χ4v) is 5.57. The van der Waals surface area contributed by atoms with Crippen molar-refractivity contribution in [1.82, 2.24) is 0 Å². The van der Waals surface area contributed by atoms with Gasteiger partial charge in [-0.1, -0.05) is 88.7 Å². The first-order valence-corrected chi connectivity index (χ1v) is 9.19. The molecule has 0 fully saturated rings. The van der Waals surface area contributed by atoms with Gasteiger partial charge in [0.15, 0.2) is 8.80 Å². The predicted octanol–water partition coefficient (Wildman–Crippen LogP) is 3.88. The molecule has 0 N–H and O–H groups in total. The highest BCUT2D eigenvalue weighted by Gasteiger charge is 2.36. The Hall–Kier alpha value is -2.04. The molecule has 0 heterocycles. The SMILES string of the molecule is FC(F)(F)c1cc(Cl)ccc1[Si](c1ccccc1)c1ccccc1. The van der Waals surface area contributed by atoms with Crippen LogP contribution < -0.4 is 15.6 Å². The van der Waals surface area contributed by atoms with Crippen LogP contribution in [0.25, 0.3) is 0 Å². The fourth-order valence-electron chi connectivity index (χ4n) is 2.66. The molecule has 3 aromatic carbocycles. The summed E-state index contributed by atoms with van der Waals surface area (Å²) in [5, 5.41) is 2.20. The molecule has 24 heavy (non-hydrogen) atoms. The average Bonchev–Trinajstić information content (AvgIpc) is 2.57. The molecule has 0 amide bonds. The van der Waals surface area contributed by atoms with Crippen molar-refractivity contribution in [2.75, 3.05) is 0 Å². The van der Waals surface area contributed by atoms with Crippen molar-refractivity contribution >= 4 is 36.0 Å². The van der Waals surface area contributed by atoms with Gasteiger partial charge < -0.3 is 0 Å². The molecule has 0 saturated carbocycles. The smallest absolute Gasteiger partial charge is 0.166 e. The van der Waals surface area contributed by atoms with Gasteiger partial charge in [0, 0.05) is 5.02 Å². The van der Waals surface area contributed by atoms with Gasteiger partial charge in [0.05, 0.1) is 5.56 Å². The van der Waals surface area contributed by atoms with Crippen LogP contribution in [0.15, 0.2) is 78.9 Å². The maximum Gasteiger partial charge on any atom is 0.416 e. The molecule has 3 rings (SSSR count). The lowest BCUT2D eigenvalue weighted by Gasteiger charge is -2.21. The van der Waals surface area contributed by atoms with Gasteiger partial charge in [-0.25, -0.2) is 0 Å². The summed E-state index contributed by atoms with van der Waals surface area (Å²) in [6.45, 7) is 0. The minimum Gasteiger partial charge on any atom is -0.166 e. The third kappa shape index (κ3) is 3.55. The van der Waals surface area contributed by atoms with Crippen LogP contribution in [-0.2, 0) is 6.18 Å².